The highest BCUT2D eigenvalue weighted by Gasteiger charge is 1.27. The largest absolute Gasteiger partial charge is 0.412 e. The minimum Gasteiger partial charge on any atom is -0.412 e. The van der Waals surface area contributed by atoms with Gasteiger partial charge in [-0.15, -0.1) is 0 Å². The molecule has 0 aliphatic carbocycles. The van der Waals surface area contributed by atoms with Crippen LogP contribution in [0, 0.1) is 19.9 Å². The van der Waals surface area contributed by atoms with Gasteiger partial charge in [-0.05, 0) is 0 Å². The highest BCUT2D eigenvalue weighted by Crippen LogP contribution is 1.24. The molecule has 0 unspecified atom stereocenters. The van der Waals surface area contributed by atoms with E-state index in [1.807, 2.05) is 0 Å². The van der Waals surface area contributed by atoms with Crippen LogP contribution in [0.2, 0.25) is 0 Å². The molecule has 0 aliphatic heterocycles. The van der Waals surface area contributed by atoms with Crippen LogP contribution in [0.4, 0.5) is 0 Å². The average molecular weight is 180 g/mol. The lowest BCUT2D eigenvalue weighted by atomic mass is 12.0. The molecule has 0 bridgehead atoms. The highest BCUT2D eigenvalue weighted by molar-refractivity contribution is 4.08. The maximum absolute atomic E-state index is 7.00. The normalized spacial score (nSPS) is 2.36. The Morgan fingerprint density at radius 2 is 0.727 bits per heavy atom. The molecule has 4 N–H and O–H groups in total. The number of hydrogen-bond donors (Lipinski definition) is 2. The first-order valence-corrected chi connectivity index (χ1v) is 0.698. The Labute approximate surface area is 64.4 Å². The van der Waals surface area contributed by atoms with E-state index in [1.165, 1.54) is 0 Å². The summed E-state index contributed by atoms with van der Waals surface area (Å²) in [5.74, 6) is 0. The van der Waals surface area contributed by atoms with Crippen molar-refractivity contribution in [3.63, 3.8) is 0 Å². The van der Waals surface area contributed by atoms with E-state index >= 15 is 0 Å². The third-order valence-electron chi connectivity index (χ3n) is 0. The quantitative estimate of drug-likeness (QED) is 0.419. The van der Waals surface area contributed by atoms with Crippen molar-refractivity contribution in [3.05, 3.63) is 19.9 Å². The van der Waals surface area contributed by atoms with Gasteiger partial charge < -0.3 is 5.48 Å². The van der Waals surface area contributed by atoms with Gasteiger partial charge in [-0.25, -0.2) is 10.5 Å². The maximum Gasteiger partial charge on any atom is 0 e. The lowest BCUT2D eigenvalue weighted by Crippen LogP contribution is -1.60. The SMILES string of the molecule is C.C.C.O.O=O.O=O.OOO. The molecule has 76 valence electrons. The smallest absolute Gasteiger partial charge is 0 e. The predicted molar refractivity (Wildman–Crippen MR) is 43.6 cm³/mol. The van der Waals surface area contributed by atoms with E-state index in [-0.39, 0.29) is 27.8 Å². The fraction of sp³-hybridized carbons (Fsp3) is 1.00. The zero-order valence-corrected chi connectivity index (χ0v) is 3.44. The third-order valence-corrected chi connectivity index (χ3v) is 0. The molecule has 8 heteroatoms. The standard InChI is InChI=1S/3CH4.H2O3.2O2.H2O/c;;;1-3-2;2*1-2;/h3*1H4;1-2H;;;1H2. The Hall–Kier alpha value is -0.960. The Balaban J connectivity index is -0.00000000378. The van der Waals surface area contributed by atoms with Crippen molar-refractivity contribution < 1.29 is 21.0 Å². The van der Waals surface area contributed by atoms with Crippen LogP contribution in [0.3, 0.4) is 0 Å². The summed E-state index contributed by atoms with van der Waals surface area (Å²) in [4.78, 5) is 28.0. The molecule has 0 atom stereocenters. The fourth-order valence-electron chi connectivity index (χ4n) is 0. The van der Waals surface area contributed by atoms with Gasteiger partial charge in [0, 0.05) is 19.9 Å². The third kappa shape index (κ3) is 486. The van der Waals surface area contributed by atoms with Crippen LogP contribution < -0.4 is 0 Å². The van der Waals surface area contributed by atoms with Crippen LogP contribution in [0.1, 0.15) is 22.3 Å². The molecule has 8 nitrogen and oxygen atoms in total. The first-order valence-electron chi connectivity index (χ1n) is 0.698. The molecule has 0 radical (unpaired) electrons. The van der Waals surface area contributed by atoms with Gasteiger partial charge in [-0.3, -0.25) is 0 Å². The van der Waals surface area contributed by atoms with Crippen molar-refractivity contribution in [2.24, 2.45) is 0 Å². The number of rotatable bonds is 0. The predicted octanol–water partition coefficient (Wildman–Crippen LogP) is 1.17. The van der Waals surface area contributed by atoms with Crippen LogP contribution in [0.15, 0.2) is 0 Å². The van der Waals surface area contributed by atoms with Gasteiger partial charge in [0.25, 0.3) is 0 Å². The molecule has 0 amide bonds. The van der Waals surface area contributed by atoms with Gasteiger partial charge in [0.15, 0.2) is 0 Å². The zero-order chi connectivity index (χ0) is 6.71. The summed E-state index contributed by atoms with van der Waals surface area (Å²) >= 11 is 0. The molecule has 0 aromatic rings. The van der Waals surface area contributed by atoms with Gasteiger partial charge in [-0.1, -0.05) is 27.3 Å². The first-order chi connectivity index (χ1) is 3.41. The van der Waals surface area contributed by atoms with Gasteiger partial charge in [0.05, 0.1) is 0 Å². The lowest BCUT2D eigenvalue weighted by molar-refractivity contribution is -0.465. The Kier molecular flexibility index (Phi) is 2950000. The van der Waals surface area contributed by atoms with Crippen LogP contribution in [0.5, 0.6) is 0 Å². The summed E-state index contributed by atoms with van der Waals surface area (Å²) in [6.45, 7) is 0. The maximum atomic E-state index is 7.00. The summed E-state index contributed by atoms with van der Waals surface area (Å²) < 4.78 is 0. The van der Waals surface area contributed by atoms with Crippen molar-refractivity contribution in [1.82, 2.24) is 0 Å². The van der Waals surface area contributed by atoms with Crippen LogP contribution in [0.25, 0.3) is 0 Å². The van der Waals surface area contributed by atoms with E-state index in [0.29, 0.717) is 0 Å². The zero-order valence-electron chi connectivity index (χ0n) is 3.44. The lowest BCUT2D eigenvalue weighted by Gasteiger charge is -1.56. The molecule has 0 aliphatic rings. The molecular weight excluding hydrogens is 164 g/mol. The van der Waals surface area contributed by atoms with Crippen LogP contribution in [-0.4, -0.2) is 16.0 Å². The molecule has 0 fully saturated rings. The summed E-state index contributed by atoms with van der Waals surface area (Å²) in [7, 11) is 0. The molecule has 0 aromatic heterocycles. The highest BCUT2D eigenvalue weighted by atomic mass is 17.4. The molecule has 0 saturated carbocycles. The molecule has 0 heterocycles. The number of hydrogen-bond acceptors (Lipinski definition) is 7. The second-order valence-electron chi connectivity index (χ2n) is 0.0816. The minimum absolute atomic E-state index is 0. The fourth-order valence-corrected chi connectivity index (χ4v) is 0. The van der Waals surface area contributed by atoms with Crippen molar-refractivity contribution >= 4 is 0 Å². The van der Waals surface area contributed by atoms with Crippen LogP contribution in [-0.2, 0) is 5.04 Å². The van der Waals surface area contributed by atoms with E-state index in [4.69, 9.17) is 30.4 Å². The topological polar surface area (TPSA) is 149 Å². The molecule has 0 aromatic carbocycles. The van der Waals surface area contributed by atoms with Crippen molar-refractivity contribution in [2.45, 2.75) is 22.3 Å². The second-order valence-corrected chi connectivity index (χ2v) is 0.0816. The van der Waals surface area contributed by atoms with Crippen molar-refractivity contribution in [2.75, 3.05) is 0 Å². The van der Waals surface area contributed by atoms with Gasteiger partial charge in [0.1, 0.15) is 0 Å². The molecule has 0 saturated heterocycles. The van der Waals surface area contributed by atoms with E-state index in [2.05, 4.69) is 5.04 Å². The summed E-state index contributed by atoms with van der Waals surface area (Å²) in [5, 5.41) is 15.5. The Bertz CT molecular complexity index is 16.8. The first kappa shape index (κ1) is 88.8. The molecule has 11 heavy (non-hydrogen) atoms. The van der Waals surface area contributed by atoms with E-state index in [1.54, 1.807) is 0 Å². The van der Waals surface area contributed by atoms with E-state index in [9.17, 15) is 0 Å². The monoisotopic (exact) mass is 180 g/mol. The Morgan fingerprint density at radius 3 is 0.727 bits per heavy atom. The second kappa shape index (κ2) is 365000. The minimum atomic E-state index is 0. The van der Waals surface area contributed by atoms with Gasteiger partial charge >= 0.3 is 0 Å². The van der Waals surface area contributed by atoms with E-state index < -0.39 is 0 Å². The van der Waals surface area contributed by atoms with Gasteiger partial charge in [0.2, 0.25) is 0 Å². The molecule has 0 spiro atoms. The summed E-state index contributed by atoms with van der Waals surface area (Å²) in [6, 6.07) is 0. The van der Waals surface area contributed by atoms with Gasteiger partial charge in [-0.2, -0.15) is 0 Å². The summed E-state index contributed by atoms with van der Waals surface area (Å²) in [6.07, 6.45) is 0. The average Bonchev–Trinajstić information content (AvgIpc) is 1.78. The molecular formula is C3H16O8. The van der Waals surface area contributed by atoms with E-state index in [0.717, 1.165) is 0 Å². The Morgan fingerprint density at radius 1 is 0.727 bits per heavy atom. The van der Waals surface area contributed by atoms with Crippen molar-refractivity contribution in [3.8, 4) is 0 Å². The van der Waals surface area contributed by atoms with Crippen LogP contribution >= 0.6 is 0 Å². The summed E-state index contributed by atoms with van der Waals surface area (Å²) in [5.41, 5.74) is 0. The van der Waals surface area contributed by atoms with Crippen molar-refractivity contribution in [1.29, 1.82) is 0 Å². The molecule has 0 rings (SSSR count).